The fourth-order valence-electron chi connectivity index (χ4n) is 1.83. The van der Waals surface area contributed by atoms with Gasteiger partial charge in [-0.1, -0.05) is 49.3 Å². The molecule has 0 fully saturated rings. The number of nitriles is 2. The highest BCUT2D eigenvalue weighted by Crippen LogP contribution is 2.25. The lowest BCUT2D eigenvalue weighted by Gasteiger charge is -2.18. The van der Waals surface area contributed by atoms with Crippen LogP contribution in [-0.2, 0) is 0 Å². The minimum absolute atomic E-state index is 0.00898. The molecule has 0 aromatic heterocycles. The highest BCUT2D eigenvalue weighted by Gasteiger charge is 2.12. The van der Waals surface area contributed by atoms with Gasteiger partial charge < -0.3 is 0 Å². The van der Waals surface area contributed by atoms with Crippen LogP contribution in [0, 0.1) is 28.1 Å². The Morgan fingerprint density at radius 2 is 1.59 bits per heavy atom. The average molecular weight is 296 g/mol. The number of hydrogen-bond acceptors (Lipinski definition) is 2. The molecule has 0 rings (SSSR count). The summed E-state index contributed by atoms with van der Waals surface area (Å²) in [6, 6.07) is 3.84. The Labute approximate surface area is 136 Å². The van der Waals surface area contributed by atoms with E-state index in [1.165, 1.54) is 11.1 Å². The van der Waals surface area contributed by atoms with Gasteiger partial charge in [0.05, 0.1) is 0 Å². The van der Waals surface area contributed by atoms with Gasteiger partial charge in [0.1, 0.15) is 17.7 Å². The molecule has 22 heavy (non-hydrogen) atoms. The SMILES string of the molecule is CC(C)=CCC/C(C)=C/CC(C)(C)/C=C/C(C)=C(C#N)C#N. The molecule has 2 heteroatoms. The van der Waals surface area contributed by atoms with Crippen molar-refractivity contribution in [1.29, 1.82) is 10.5 Å². The fraction of sp³-hybridized carbons (Fsp3) is 0.500. The van der Waals surface area contributed by atoms with Gasteiger partial charge in [-0.25, -0.2) is 0 Å². The molecule has 0 amide bonds. The third-order valence-electron chi connectivity index (χ3n) is 3.47. The summed E-state index contributed by atoms with van der Waals surface area (Å²) in [5, 5.41) is 17.7. The first-order chi connectivity index (χ1) is 10.2. The molecule has 0 aromatic rings. The summed E-state index contributed by atoms with van der Waals surface area (Å²) in [5.41, 5.74) is 3.68. The first-order valence-electron chi connectivity index (χ1n) is 7.71. The zero-order valence-corrected chi connectivity index (χ0v) is 14.8. The van der Waals surface area contributed by atoms with E-state index in [1.807, 2.05) is 18.2 Å². The molecule has 0 aliphatic carbocycles. The minimum atomic E-state index is 0.00898. The molecule has 0 aromatic carbocycles. The van der Waals surface area contributed by atoms with Gasteiger partial charge >= 0.3 is 0 Å². The van der Waals surface area contributed by atoms with Crippen molar-refractivity contribution in [1.82, 2.24) is 0 Å². The lowest BCUT2D eigenvalue weighted by atomic mass is 9.87. The van der Waals surface area contributed by atoms with E-state index in [0.29, 0.717) is 0 Å². The Bertz CT molecular complexity index is 550. The largest absolute Gasteiger partial charge is 0.192 e. The predicted molar refractivity (Wildman–Crippen MR) is 93.9 cm³/mol. The van der Waals surface area contributed by atoms with E-state index >= 15 is 0 Å². The second-order valence-corrected chi connectivity index (χ2v) is 6.68. The lowest BCUT2D eigenvalue weighted by Crippen LogP contribution is -2.05. The van der Waals surface area contributed by atoms with Crippen molar-refractivity contribution in [3.05, 3.63) is 46.6 Å². The number of nitrogens with zero attached hydrogens (tertiary/aromatic N) is 2. The molecule has 0 radical (unpaired) electrons. The number of hydrogen-bond donors (Lipinski definition) is 0. The van der Waals surface area contributed by atoms with Crippen molar-refractivity contribution in [2.45, 2.75) is 60.8 Å². The van der Waals surface area contributed by atoms with Gasteiger partial charge in [-0.3, -0.25) is 0 Å². The molecule has 118 valence electrons. The van der Waals surface area contributed by atoms with E-state index in [2.05, 4.69) is 52.8 Å². The van der Waals surface area contributed by atoms with Crippen LogP contribution in [0.4, 0.5) is 0 Å². The van der Waals surface area contributed by atoms with Crippen molar-refractivity contribution in [2.75, 3.05) is 0 Å². The minimum Gasteiger partial charge on any atom is -0.192 e. The number of rotatable bonds is 7. The van der Waals surface area contributed by atoms with E-state index in [-0.39, 0.29) is 11.0 Å². The zero-order chi connectivity index (χ0) is 17.2. The molecule has 0 bridgehead atoms. The van der Waals surface area contributed by atoms with Gasteiger partial charge in [0, 0.05) is 0 Å². The summed E-state index contributed by atoms with van der Waals surface area (Å²) >= 11 is 0. The molecule has 0 N–H and O–H groups in total. The molecule has 0 heterocycles. The van der Waals surface area contributed by atoms with Gasteiger partial charge in [0.2, 0.25) is 0 Å². The summed E-state index contributed by atoms with van der Waals surface area (Å²) < 4.78 is 0. The summed E-state index contributed by atoms with van der Waals surface area (Å²) in [4.78, 5) is 0. The summed E-state index contributed by atoms with van der Waals surface area (Å²) in [5.74, 6) is 0. The van der Waals surface area contributed by atoms with E-state index in [0.717, 1.165) is 24.8 Å². The van der Waals surface area contributed by atoms with Gasteiger partial charge in [-0.2, -0.15) is 10.5 Å². The van der Waals surface area contributed by atoms with Crippen LogP contribution in [0.2, 0.25) is 0 Å². The second kappa shape index (κ2) is 9.80. The molecule has 0 aliphatic rings. The first kappa shape index (κ1) is 19.9. The predicted octanol–water partition coefficient (Wildman–Crippen LogP) is 6.02. The van der Waals surface area contributed by atoms with Gasteiger partial charge in [0.15, 0.2) is 0 Å². The normalized spacial score (nSPS) is 11.7. The van der Waals surface area contributed by atoms with E-state index in [9.17, 15) is 0 Å². The van der Waals surface area contributed by atoms with Gasteiger partial charge in [-0.05, 0) is 57.9 Å². The molecule has 0 aliphatic heterocycles. The van der Waals surface area contributed by atoms with Crippen LogP contribution in [0.1, 0.15) is 60.8 Å². The molecule has 0 atom stereocenters. The molecular weight excluding hydrogens is 268 g/mol. The van der Waals surface area contributed by atoms with E-state index < -0.39 is 0 Å². The highest BCUT2D eigenvalue weighted by atomic mass is 14.3. The highest BCUT2D eigenvalue weighted by molar-refractivity contribution is 5.43. The van der Waals surface area contributed by atoms with Crippen LogP contribution in [0.5, 0.6) is 0 Å². The Morgan fingerprint density at radius 1 is 1.00 bits per heavy atom. The molecule has 2 nitrogen and oxygen atoms in total. The lowest BCUT2D eigenvalue weighted by molar-refractivity contribution is 0.486. The van der Waals surface area contributed by atoms with Crippen LogP contribution in [-0.4, -0.2) is 0 Å². The van der Waals surface area contributed by atoms with Gasteiger partial charge in [0.25, 0.3) is 0 Å². The van der Waals surface area contributed by atoms with Crippen LogP contribution in [0.25, 0.3) is 0 Å². The van der Waals surface area contributed by atoms with Crippen LogP contribution in [0.15, 0.2) is 46.6 Å². The topological polar surface area (TPSA) is 47.6 Å². The zero-order valence-electron chi connectivity index (χ0n) is 14.8. The summed E-state index contributed by atoms with van der Waals surface area (Å²) in [6.45, 7) is 12.5. The van der Waals surface area contributed by atoms with Gasteiger partial charge in [-0.15, -0.1) is 0 Å². The maximum Gasteiger partial charge on any atom is 0.132 e. The summed E-state index contributed by atoms with van der Waals surface area (Å²) in [6.07, 6.45) is 11.7. The summed E-state index contributed by atoms with van der Waals surface area (Å²) in [7, 11) is 0. The monoisotopic (exact) mass is 296 g/mol. The number of allylic oxidation sites excluding steroid dienone is 8. The van der Waals surface area contributed by atoms with Crippen LogP contribution < -0.4 is 0 Å². The third-order valence-corrected chi connectivity index (χ3v) is 3.47. The Morgan fingerprint density at radius 3 is 2.09 bits per heavy atom. The third kappa shape index (κ3) is 8.98. The van der Waals surface area contributed by atoms with Crippen molar-refractivity contribution in [2.24, 2.45) is 5.41 Å². The molecule has 0 saturated carbocycles. The maximum atomic E-state index is 8.84. The standard InChI is InChI=1S/C20H28N2/c1-16(2)8-7-9-17(3)10-12-20(5,6)13-11-18(4)19(14-21)15-22/h8,10-11,13H,7,9,12H2,1-6H3/b13-11+,17-10+. The van der Waals surface area contributed by atoms with Crippen molar-refractivity contribution in [3.8, 4) is 12.1 Å². The second-order valence-electron chi connectivity index (χ2n) is 6.68. The van der Waals surface area contributed by atoms with E-state index in [1.54, 1.807) is 6.92 Å². The first-order valence-corrected chi connectivity index (χ1v) is 7.71. The Kier molecular flexibility index (Phi) is 8.88. The molecule has 0 spiro atoms. The quantitative estimate of drug-likeness (QED) is 0.328. The smallest absolute Gasteiger partial charge is 0.132 e. The van der Waals surface area contributed by atoms with Crippen molar-refractivity contribution < 1.29 is 0 Å². The van der Waals surface area contributed by atoms with Crippen molar-refractivity contribution in [3.63, 3.8) is 0 Å². The molecule has 0 saturated heterocycles. The Hall–Kier alpha value is -2.06. The van der Waals surface area contributed by atoms with Crippen LogP contribution >= 0.6 is 0 Å². The molecular formula is C20H28N2. The fourth-order valence-corrected chi connectivity index (χ4v) is 1.83. The van der Waals surface area contributed by atoms with Crippen molar-refractivity contribution >= 4 is 0 Å². The molecule has 0 unspecified atom stereocenters. The van der Waals surface area contributed by atoms with Crippen LogP contribution in [0.3, 0.4) is 0 Å². The average Bonchev–Trinajstić information content (AvgIpc) is 2.44. The van der Waals surface area contributed by atoms with E-state index in [4.69, 9.17) is 10.5 Å². The Balaban J connectivity index is 4.72. The maximum absolute atomic E-state index is 8.84.